The van der Waals surface area contributed by atoms with Crippen molar-refractivity contribution in [3.8, 4) is 5.75 Å². The lowest BCUT2D eigenvalue weighted by atomic mass is 10.0. The van der Waals surface area contributed by atoms with Crippen LogP contribution in [0.25, 0.3) is 0 Å². The Morgan fingerprint density at radius 1 is 1.17 bits per heavy atom. The van der Waals surface area contributed by atoms with Crippen LogP contribution in [0.1, 0.15) is 48.5 Å². The molecule has 2 N–H and O–H groups in total. The molecule has 7 nitrogen and oxygen atoms in total. The zero-order chi connectivity index (χ0) is 25.3. The van der Waals surface area contributed by atoms with E-state index in [-0.39, 0.29) is 36.6 Å². The molecular weight excluding hydrogens is 491 g/mol. The SMILES string of the molecule is CCc1c(C(=O)N2CCOc3ccc(Cc4ccc(C(N)=O)s4)cc3C2)ccc(S(C)(=O)=O)c1F. The Morgan fingerprint density at radius 3 is 2.60 bits per heavy atom. The minimum atomic E-state index is -3.76. The Kier molecular flexibility index (Phi) is 6.95. The normalized spacial score (nSPS) is 13.6. The standard InChI is InChI=1S/C25H25FN2O5S2/c1-3-18-19(6-9-22(23(18)26)35(2,31)32)25(30)28-10-11-33-20-7-4-15(12-16(20)14-28)13-17-5-8-21(34-17)24(27)29/h4-9,12H,3,10-11,13-14H2,1-2H3,(H2,27,29). The van der Waals surface area contributed by atoms with Gasteiger partial charge in [0.05, 0.1) is 11.4 Å². The molecule has 35 heavy (non-hydrogen) atoms. The highest BCUT2D eigenvalue weighted by molar-refractivity contribution is 7.90. The van der Waals surface area contributed by atoms with Crippen LogP contribution in [0.4, 0.5) is 4.39 Å². The van der Waals surface area contributed by atoms with E-state index in [1.807, 2.05) is 24.3 Å². The maximum absolute atomic E-state index is 15.0. The molecule has 0 fully saturated rings. The summed E-state index contributed by atoms with van der Waals surface area (Å²) in [7, 11) is -3.76. The highest BCUT2D eigenvalue weighted by Gasteiger charge is 2.27. The first kappa shape index (κ1) is 24.9. The van der Waals surface area contributed by atoms with E-state index in [1.165, 1.54) is 17.4 Å². The number of rotatable bonds is 6. The van der Waals surface area contributed by atoms with E-state index in [4.69, 9.17) is 10.5 Å². The minimum Gasteiger partial charge on any atom is -0.491 e. The summed E-state index contributed by atoms with van der Waals surface area (Å²) in [5, 5.41) is 0. The van der Waals surface area contributed by atoms with Crippen LogP contribution >= 0.6 is 11.3 Å². The van der Waals surface area contributed by atoms with Crippen LogP contribution in [0.2, 0.25) is 0 Å². The van der Waals surface area contributed by atoms with Gasteiger partial charge in [-0.25, -0.2) is 12.8 Å². The summed E-state index contributed by atoms with van der Waals surface area (Å²) in [6, 6.07) is 11.9. The van der Waals surface area contributed by atoms with Gasteiger partial charge in [0, 0.05) is 40.8 Å². The van der Waals surface area contributed by atoms with Crippen LogP contribution < -0.4 is 10.5 Å². The number of halogens is 1. The largest absolute Gasteiger partial charge is 0.491 e. The van der Waals surface area contributed by atoms with Gasteiger partial charge in [0.1, 0.15) is 23.1 Å². The second-order valence-corrected chi connectivity index (χ2v) is 11.5. The number of nitrogens with two attached hydrogens (primary N) is 1. The third-order valence-corrected chi connectivity index (χ3v) is 8.08. The Hall–Kier alpha value is -3.24. The van der Waals surface area contributed by atoms with Gasteiger partial charge in [0.25, 0.3) is 11.8 Å². The lowest BCUT2D eigenvalue weighted by molar-refractivity contribution is 0.0731. The molecule has 1 aromatic heterocycles. The van der Waals surface area contributed by atoms with Gasteiger partial charge in [-0.1, -0.05) is 13.0 Å². The molecule has 4 rings (SSSR count). The van der Waals surface area contributed by atoms with Crippen LogP contribution in [-0.4, -0.2) is 44.5 Å². The van der Waals surface area contributed by atoms with Crippen LogP contribution in [0, 0.1) is 5.82 Å². The van der Waals surface area contributed by atoms with Gasteiger partial charge in [0.15, 0.2) is 9.84 Å². The van der Waals surface area contributed by atoms with Crippen molar-refractivity contribution in [2.24, 2.45) is 5.73 Å². The lowest BCUT2D eigenvalue weighted by Crippen LogP contribution is -2.33. The molecule has 2 amide bonds. The third-order valence-electron chi connectivity index (χ3n) is 5.87. The van der Waals surface area contributed by atoms with Gasteiger partial charge in [-0.15, -0.1) is 11.3 Å². The molecule has 1 aliphatic rings. The van der Waals surface area contributed by atoms with E-state index in [1.54, 1.807) is 17.9 Å². The molecule has 0 aliphatic carbocycles. The highest BCUT2D eigenvalue weighted by Crippen LogP contribution is 2.29. The summed E-state index contributed by atoms with van der Waals surface area (Å²) < 4.78 is 44.7. The van der Waals surface area contributed by atoms with E-state index in [9.17, 15) is 22.4 Å². The summed E-state index contributed by atoms with van der Waals surface area (Å²) in [5.74, 6) is -1.05. The van der Waals surface area contributed by atoms with Crippen LogP contribution in [0.5, 0.6) is 5.75 Å². The molecule has 0 bridgehead atoms. The molecule has 2 aromatic carbocycles. The smallest absolute Gasteiger partial charge is 0.258 e. The number of carbonyl (C=O) groups excluding carboxylic acids is 2. The van der Waals surface area contributed by atoms with Gasteiger partial charge in [-0.2, -0.15) is 0 Å². The monoisotopic (exact) mass is 516 g/mol. The molecule has 0 spiro atoms. The first-order valence-corrected chi connectivity index (χ1v) is 13.7. The zero-order valence-electron chi connectivity index (χ0n) is 19.3. The summed E-state index contributed by atoms with van der Waals surface area (Å²) >= 11 is 1.34. The number of benzene rings is 2. The predicted molar refractivity (Wildman–Crippen MR) is 131 cm³/mol. The van der Waals surface area contributed by atoms with Crippen molar-refractivity contribution in [3.63, 3.8) is 0 Å². The highest BCUT2D eigenvalue weighted by atomic mass is 32.2. The molecule has 2 heterocycles. The molecule has 0 saturated carbocycles. The first-order chi connectivity index (χ1) is 16.6. The van der Waals surface area contributed by atoms with Gasteiger partial charge in [0.2, 0.25) is 0 Å². The first-order valence-electron chi connectivity index (χ1n) is 11.0. The molecule has 184 valence electrons. The molecule has 3 aromatic rings. The van der Waals surface area contributed by atoms with E-state index < -0.39 is 26.5 Å². The van der Waals surface area contributed by atoms with Gasteiger partial charge in [-0.05, 0) is 48.4 Å². The third kappa shape index (κ3) is 5.23. The zero-order valence-corrected chi connectivity index (χ0v) is 21.0. The fraction of sp³-hybridized carbons (Fsp3) is 0.280. The van der Waals surface area contributed by atoms with Crippen LogP contribution in [0.3, 0.4) is 0 Å². The Balaban J connectivity index is 1.61. The van der Waals surface area contributed by atoms with Crippen molar-refractivity contribution in [2.45, 2.75) is 31.2 Å². The van der Waals surface area contributed by atoms with E-state index in [2.05, 4.69) is 0 Å². The molecule has 1 aliphatic heterocycles. The quantitative estimate of drug-likeness (QED) is 0.539. The number of thiophene rings is 1. The topological polar surface area (TPSA) is 107 Å². The number of primary amides is 1. The average molecular weight is 517 g/mol. The molecular formula is C25H25FN2O5S2. The Morgan fingerprint density at radius 2 is 1.94 bits per heavy atom. The number of carbonyl (C=O) groups is 2. The fourth-order valence-corrected chi connectivity index (χ4v) is 5.80. The van der Waals surface area contributed by atoms with Gasteiger partial charge >= 0.3 is 0 Å². The van der Waals surface area contributed by atoms with E-state index >= 15 is 0 Å². The predicted octanol–water partition coefficient (Wildman–Crippen LogP) is 3.58. The van der Waals surface area contributed by atoms with Crippen molar-refractivity contribution in [1.29, 1.82) is 0 Å². The number of sulfone groups is 1. The number of hydrogen-bond acceptors (Lipinski definition) is 6. The van der Waals surface area contributed by atoms with Crippen LogP contribution in [0.15, 0.2) is 47.4 Å². The van der Waals surface area contributed by atoms with Crippen LogP contribution in [-0.2, 0) is 29.2 Å². The molecule has 10 heteroatoms. The second-order valence-electron chi connectivity index (χ2n) is 8.35. The molecule has 0 radical (unpaired) electrons. The summed E-state index contributed by atoms with van der Waals surface area (Å²) in [4.78, 5) is 27.4. The average Bonchev–Trinajstić information content (AvgIpc) is 3.16. The maximum atomic E-state index is 15.0. The van der Waals surface area contributed by atoms with Gasteiger partial charge in [-0.3, -0.25) is 9.59 Å². The summed E-state index contributed by atoms with van der Waals surface area (Å²) in [6.07, 6.45) is 1.71. The molecule has 0 unspecified atom stereocenters. The molecule has 0 atom stereocenters. The number of ether oxygens (including phenoxy) is 1. The number of nitrogens with zero attached hydrogens (tertiary/aromatic N) is 1. The lowest BCUT2D eigenvalue weighted by Gasteiger charge is -2.22. The fourth-order valence-electron chi connectivity index (χ4n) is 4.14. The van der Waals surface area contributed by atoms with Crippen molar-refractivity contribution in [3.05, 3.63) is 80.3 Å². The number of hydrogen-bond donors (Lipinski definition) is 1. The Labute approximate surface area is 207 Å². The van der Waals surface area contributed by atoms with Crippen molar-refractivity contribution >= 4 is 33.0 Å². The van der Waals surface area contributed by atoms with E-state index in [0.29, 0.717) is 23.6 Å². The van der Waals surface area contributed by atoms with E-state index in [0.717, 1.165) is 28.3 Å². The number of amides is 2. The maximum Gasteiger partial charge on any atom is 0.258 e. The van der Waals surface area contributed by atoms with Gasteiger partial charge < -0.3 is 15.4 Å². The Bertz CT molecular complexity index is 1420. The minimum absolute atomic E-state index is 0.0833. The summed E-state index contributed by atoms with van der Waals surface area (Å²) in [5.41, 5.74) is 7.37. The van der Waals surface area contributed by atoms with Crippen molar-refractivity contribution < 1.29 is 27.1 Å². The summed E-state index contributed by atoms with van der Waals surface area (Å²) in [6.45, 7) is 2.52. The molecule has 0 saturated heterocycles. The second kappa shape index (κ2) is 9.79. The van der Waals surface area contributed by atoms with Crippen molar-refractivity contribution in [1.82, 2.24) is 4.90 Å². The van der Waals surface area contributed by atoms with Crippen molar-refractivity contribution in [2.75, 3.05) is 19.4 Å². The number of fused-ring (bicyclic) bond motifs is 1.